The Kier molecular flexibility index (Phi) is 2.45. The van der Waals surface area contributed by atoms with Gasteiger partial charge in [0.2, 0.25) is 0 Å². The summed E-state index contributed by atoms with van der Waals surface area (Å²) in [5.74, 6) is 0.825. The van der Waals surface area contributed by atoms with Gasteiger partial charge in [0.25, 0.3) is 0 Å². The zero-order chi connectivity index (χ0) is 13.0. The van der Waals surface area contributed by atoms with Gasteiger partial charge < -0.3 is 5.11 Å². The summed E-state index contributed by atoms with van der Waals surface area (Å²) in [5.41, 5.74) is 1.93. The summed E-state index contributed by atoms with van der Waals surface area (Å²) in [7, 11) is 0. The van der Waals surface area contributed by atoms with Crippen LogP contribution in [-0.4, -0.2) is 15.3 Å². The monoisotopic (exact) mass is 276 g/mol. The Morgan fingerprint density at radius 2 is 2.16 bits per heavy atom. The Hall–Kier alpha value is -1.06. The predicted octanol–water partition coefficient (Wildman–Crippen LogP) is 3.83. The third-order valence-electron chi connectivity index (χ3n) is 5.21. The molecule has 2 fully saturated rings. The lowest BCUT2D eigenvalue weighted by atomic mass is 9.76. The lowest BCUT2D eigenvalue weighted by molar-refractivity contribution is 0.0307. The minimum Gasteiger partial charge on any atom is -0.388 e. The van der Waals surface area contributed by atoms with E-state index >= 15 is 0 Å². The van der Waals surface area contributed by atoms with Crippen LogP contribution in [-0.2, 0) is 0 Å². The second-order valence-corrected chi connectivity index (χ2v) is 6.68. The third kappa shape index (κ3) is 1.65. The molecule has 4 rings (SSSR count). The van der Waals surface area contributed by atoms with Crippen LogP contribution in [0.25, 0.3) is 10.9 Å². The van der Waals surface area contributed by atoms with E-state index in [1.165, 1.54) is 12.8 Å². The van der Waals surface area contributed by atoms with Crippen molar-refractivity contribution in [2.75, 3.05) is 0 Å². The summed E-state index contributed by atoms with van der Waals surface area (Å²) < 4.78 is 0. The average Bonchev–Trinajstić information content (AvgIpc) is 3.11. The van der Waals surface area contributed by atoms with Crippen molar-refractivity contribution < 1.29 is 5.11 Å². The van der Waals surface area contributed by atoms with Gasteiger partial charge in [0, 0.05) is 21.4 Å². The number of nitrogens with zero attached hydrogens (tertiary/aromatic N) is 1. The van der Waals surface area contributed by atoms with Gasteiger partial charge >= 0.3 is 0 Å². The largest absolute Gasteiger partial charge is 0.388 e. The molecule has 19 heavy (non-hydrogen) atoms. The molecule has 2 saturated carbocycles. The molecule has 2 N–H and O–H groups in total. The van der Waals surface area contributed by atoms with E-state index in [1.807, 2.05) is 12.1 Å². The first-order chi connectivity index (χ1) is 9.18. The first-order valence-corrected chi connectivity index (χ1v) is 7.36. The maximum Gasteiger partial charge on any atom is 0.0867 e. The van der Waals surface area contributed by atoms with Gasteiger partial charge in [-0.05, 0) is 50.2 Å². The van der Waals surface area contributed by atoms with Crippen LogP contribution < -0.4 is 0 Å². The van der Waals surface area contributed by atoms with Crippen LogP contribution in [0.3, 0.4) is 0 Å². The normalized spacial score (nSPS) is 31.2. The Labute approximate surface area is 117 Å². The van der Waals surface area contributed by atoms with Crippen LogP contribution in [0.4, 0.5) is 0 Å². The third-order valence-corrected chi connectivity index (χ3v) is 5.43. The molecule has 0 amide bonds. The second-order valence-electron chi connectivity index (χ2n) is 6.24. The minimum absolute atomic E-state index is 0.0768. The number of hydrogen-bond acceptors (Lipinski definition) is 2. The Bertz CT molecular complexity index is 628. The van der Waals surface area contributed by atoms with E-state index in [0.29, 0.717) is 5.02 Å². The van der Waals surface area contributed by atoms with Crippen molar-refractivity contribution in [3.8, 4) is 0 Å². The fourth-order valence-corrected chi connectivity index (χ4v) is 4.45. The predicted molar refractivity (Wildman–Crippen MR) is 75.1 cm³/mol. The highest BCUT2D eigenvalue weighted by atomic mass is 35.5. The summed E-state index contributed by atoms with van der Waals surface area (Å²) >= 11 is 6.18. The highest BCUT2D eigenvalue weighted by Crippen LogP contribution is 2.60. The van der Waals surface area contributed by atoms with Crippen molar-refractivity contribution in [2.45, 2.75) is 38.2 Å². The van der Waals surface area contributed by atoms with Crippen LogP contribution in [0.15, 0.2) is 18.3 Å². The van der Waals surface area contributed by atoms with Crippen molar-refractivity contribution in [1.82, 2.24) is 10.2 Å². The molecule has 0 spiro atoms. The molecule has 1 aromatic heterocycles. The van der Waals surface area contributed by atoms with Gasteiger partial charge in [-0.15, -0.1) is 0 Å². The lowest BCUT2D eigenvalue weighted by Crippen LogP contribution is -2.24. The standard InChI is InChI=1S/C15H17ClN2O/c16-11-5-10-8-17-18-13(10)12(6-11)14(19)15-3-1-9(7-15)2-4-15/h5-6,8-9,14,19H,1-4,7H2,(H,17,18). The number of nitrogens with one attached hydrogen (secondary N) is 1. The lowest BCUT2D eigenvalue weighted by Gasteiger charge is -2.32. The fourth-order valence-electron chi connectivity index (χ4n) is 4.21. The van der Waals surface area contributed by atoms with Gasteiger partial charge in [-0.25, -0.2) is 0 Å². The van der Waals surface area contributed by atoms with E-state index in [4.69, 9.17) is 11.6 Å². The van der Waals surface area contributed by atoms with Gasteiger partial charge in [-0.3, -0.25) is 5.10 Å². The van der Waals surface area contributed by atoms with E-state index in [2.05, 4.69) is 10.2 Å². The Balaban J connectivity index is 1.83. The van der Waals surface area contributed by atoms with E-state index < -0.39 is 6.10 Å². The van der Waals surface area contributed by atoms with Gasteiger partial charge in [-0.1, -0.05) is 11.6 Å². The van der Waals surface area contributed by atoms with Gasteiger partial charge in [-0.2, -0.15) is 5.10 Å². The van der Waals surface area contributed by atoms with Crippen molar-refractivity contribution in [3.05, 3.63) is 28.9 Å². The smallest absolute Gasteiger partial charge is 0.0867 e. The molecule has 0 saturated heterocycles. The molecule has 100 valence electrons. The Morgan fingerprint density at radius 1 is 1.37 bits per heavy atom. The molecule has 2 aromatic rings. The molecule has 2 aliphatic rings. The summed E-state index contributed by atoms with van der Waals surface area (Å²) in [4.78, 5) is 0. The quantitative estimate of drug-likeness (QED) is 0.876. The summed E-state index contributed by atoms with van der Waals surface area (Å²) in [5, 5.41) is 19.7. The molecule has 2 aliphatic carbocycles. The fraction of sp³-hybridized carbons (Fsp3) is 0.533. The number of aliphatic hydroxyl groups excluding tert-OH is 1. The number of fused-ring (bicyclic) bond motifs is 3. The number of H-pyrrole nitrogens is 1. The number of aromatic nitrogens is 2. The van der Waals surface area contributed by atoms with Gasteiger partial charge in [0.05, 0.1) is 17.8 Å². The zero-order valence-corrected chi connectivity index (χ0v) is 11.5. The molecule has 0 aliphatic heterocycles. The first kappa shape index (κ1) is 11.7. The first-order valence-electron chi connectivity index (χ1n) is 6.99. The number of benzene rings is 1. The number of aromatic amines is 1. The molecule has 0 radical (unpaired) electrons. The molecule has 1 aromatic carbocycles. The topological polar surface area (TPSA) is 48.9 Å². The van der Waals surface area contributed by atoms with Crippen LogP contribution in [0.5, 0.6) is 0 Å². The van der Waals surface area contributed by atoms with Crippen LogP contribution >= 0.6 is 11.6 Å². The van der Waals surface area contributed by atoms with E-state index in [1.54, 1.807) is 6.20 Å². The van der Waals surface area contributed by atoms with Crippen molar-refractivity contribution >= 4 is 22.5 Å². The minimum atomic E-state index is -0.429. The van der Waals surface area contributed by atoms with Crippen molar-refractivity contribution in [1.29, 1.82) is 0 Å². The van der Waals surface area contributed by atoms with Crippen LogP contribution in [0, 0.1) is 11.3 Å². The van der Waals surface area contributed by atoms with E-state index in [0.717, 1.165) is 41.6 Å². The molecule has 2 bridgehead atoms. The molecule has 1 unspecified atom stereocenters. The molecular formula is C15H17ClN2O. The highest BCUT2D eigenvalue weighted by Gasteiger charge is 2.50. The number of rotatable bonds is 2. The van der Waals surface area contributed by atoms with E-state index in [-0.39, 0.29) is 5.41 Å². The average molecular weight is 277 g/mol. The molecule has 1 heterocycles. The van der Waals surface area contributed by atoms with Gasteiger partial charge in [0.15, 0.2) is 0 Å². The maximum absolute atomic E-state index is 10.9. The van der Waals surface area contributed by atoms with E-state index in [9.17, 15) is 5.11 Å². The number of aliphatic hydroxyl groups is 1. The van der Waals surface area contributed by atoms with Crippen LogP contribution in [0.2, 0.25) is 5.02 Å². The summed E-state index contributed by atoms with van der Waals surface area (Å²) in [6.45, 7) is 0. The molecule has 4 heteroatoms. The summed E-state index contributed by atoms with van der Waals surface area (Å²) in [6, 6.07) is 3.79. The highest BCUT2D eigenvalue weighted by molar-refractivity contribution is 6.31. The SMILES string of the molecule is OC(c1cc(Cl)cc2cn[nH]c12)C12CCC(CC1)C2. The summed E-state index contributed by atoms with van der Waals surface area (Å²) in [6.07, 6.45) is 7.31. The second kappa shape index (κ2) is 3.97. The molecule has 3 nitrogen and oxygen atoms in total. The Morgan fingerprint density at radius 3 is 2.84 bits per heavy atom. The van der Waals surface area contributed by atoms with Gasteiger partial charge in [0.1, 0.15) is 0 Å². The number of hydrogen-bond donors (Lipinski definition) is 2. The van der Waals surface area contributed by atoms with Crippen molar-refractivity contribution in [2.24, 2.45) is 11.3 Å². The molecule has 1 atom stereocenters. The van der Waals surface area contributed by atoms with Crippen molar-refractivity contribution in [3.63, 3.8) is 0 Å². The zero-order valence-electron chi connectivity index (χ0n) is 10.7. The maximum atomic E-state index is 10.9. The number of halogens is 1. The van der Waals surface area contributed by atoms with Crippen LogP contribution in [0.1, 0.15) is 43.8 Å². The molecular weight excluding hydrogens is 260 g/mol.